The van der Waals surface area contributed by atoms with Crippen LogP contribution in [0.4, 0.5) is 5.69 Å². The molecule has 0 saturated heterocycles. The smallest absolute Gasteiger partial charge is 0.244 e. The Bertz CT molecular complexity index is 1070. The predicted octanol–water partition coefficient (Wildman–Crippen LogP) is 2.89. The van der Waals surface area contributed by atoms with Crippen molar-refractivity contribution < 1.29 is 18.0 Å². The van der Waals surface area contributed by atoms with Gasteiger partial charge in [0, 0.05) is 18.6 Å². The molecular formula is C22H28ClN3O4S. The summed E-state index contributed by atoms with van der Waals surface area (Å²) in [5, 5.41) is 3.04. The minimum Gasteiger partial charge on any atom is -0.357 e. The maximum absolute atomic E-state index is 13.3. The van der Waals surface area contributed by atoms with Gasteiger partial charge in [-0.1, -0.05) is 35.9 Å². The maximum Gasteiger partial charge on any atom is 0.244 e. The number of nitrogens with one attached hydrogen (secondary N) is 1. The van der Waals surface area contributed by atoms with Crippen LogP contribution < -0.4 is 9.62 Å². The Morgan fingerprint density at radius 3 is 2.39 bits per heavy atom. The van der Waals surface area contributed by atoms with Crippen LogP contribution in [0.5, 0.6) is 0 Å². The fourth-order valence-corrected chi connectivity index (χ4v) is 4.32. The van der Waals surface area contributed by atoms with Crippen molar-refractivity contribution in [2.75, 3.05) is 24.2 Å². The third-order valence-electron chi connectivity index (χ3n) is 4.97. The molecule has 168 valence electrons. The Morgan fingerprint density at radius 1 is 1.13 bits per heavy atom. The molecule has 0 fully saturated rings. The average molecular weight is 466 g/mol. The number of carbonyl (C=O) groups excluding carboxylic acids is 2. The van der Waals surface area contributed by atoms with E-state index in [9.17, 15) is 18.0 Å². The van der Waals surface area contributed by atoms with Crippen LogP contribution >= 0.6 is 11.6 Å². The van der Waals surface area contributed by atoms with E-state index >= 15 is 0 Å². The first-order chi connectivity index (χ1) is 14.4. The number of anilines is 1. The second-order valence-corrected chi connectivity index (χ2v) is 9.84. The van der Waals surface area contributed by atoms with E-state index in [0.29, 0.717) is 10.7 Å². The number of nitrogens with zero attached hydrogens (tertiary/aromatic N) is 2. The molecule has 7 nitrogen and oxygen atoms in total. The maximum atomic E-state index is 13.3. The molecule has 2 amide bonds. The summed E-state index contributed by atoms with van der Waals surface area (Å²) in [4.78, 5) is 27.0. The van der Waals surface area contributed by atoms with E-state index in [0.717, 1.165) is 27.3 Å². The highest BCUT2D eigenvalue weighted by atomic mass is 35.5. The minimum atomic E-state index is -3.75. The number of likely N-dealkylation sites (N-methyl/N-ethyl adjacent to an activating group) is 1. The third kappa shape index (κ3) is 6.45. The molecule has 0 spiro atoms. The highest BCUT2D eigenvalue weighted by molar-refractivity contribution is 7.92. The van der Waals surface area contributed by atoms with Crippen LogP contribution in [0.25, 0.3) is 0 Å². The lowest BCUT2D eigenvalue weighted by molar-refractivity contribution is -0.139. The first-order valence-corrected chi connectivity index (χ1v) is 12.0. The van der Waals surface area contributed by atoms with Crippen molar-refractivity contribution in [1.29, 1.82) is 0 Å². The molecular weight excluding hydrogens is 438 g/mol. The van der Waals surface area contributed by atoms with Gasteiger partial charge >= 0.3 is 0 Å². The van der Waals surface area contributed by atoms with Crippen molar-refractivity contribution in [3.63, 3.8) is 0 Å². The van der Waals surface area contributed by atoms with Gasteiger partial charge in [-0.05, 0) is 55.7 Å². The molecule has 0 aliphatic heterocycles. The van der Waals surface area contributed by atoms with Crippen LogP contribution in [-0.4, -0.2) is 51.0 Å². The molecule has 1 atom stereocenters. The minimum absolute atomic E-state index is 0.110. The molecule has 0 aliphatic rings. The van der Waals surface area contributed by atoms with E-state index in [1.807, 2.05) is 19.1 Å². The summed E-state index contributed by atoms with van der Waals surface area (Å²) in [5.41, 5.74) is 2.76. The standard InChI is InChI=1S/C22H28ClN3O4S/c1-15-9-10-16(2)20(11-15)26(31(5,29)30)14-21(27)25(17(3)22(28)24-4)13-18-7-6-8-19(23)12-18/h6-12,17H,13-14H2,1-5H3,(H,24,28). The van der Waals surface area contributed by atoms with Crippen molar-refractivity contribution in [2.24, 2.45) is 0 Å². The van der Waals surface area contributed by atoms with Gasteiger partial charge in [0.25, 0.3) is 0 Å². The average Bonchev–Trinajstić information content (AvgIpc) is 2.70. The fraction of sp³-hybridized carbons (Fsp3) is 0.364. The number of rotatable bonds is 8. The van der Waals surface area contributed by atoms with Gasteiger partial charge in [0.15, 0.2) is 0 Å². The van der Waals surface area contributed by atoms with Crippen LogP contribution in [0.1, 0.15) is 23.6 Å². The Hall–Kier alpha value is -2.58. The van der Waals surface area contributed by atoms with Crippen molar-refractivity contribution >= 4 is 39.1 Å². The van der Waals surface area contributed by atoms with Gasteiger partial charge in [-0.2, -0.15) is 0 Å². The summed E-state index contributed by atoms with van der Waals surface area (Å²) in [6.07, 6.45) is 1.06. The van der Waals surface area contributed by atoms with E-state index in [-0.39, 0.29) is 12.5 Å². The molecule has 0 saturated carbocycles. The van der Waals surface area contributed by atoms with Crippen LogP contribution in [0.3, 0.4) is 0 Å². The molecule has 0 aromatic heterocycles. The van der Waals surface area contributed by atoms with Gasteiger partial charge in [-0.3, -0.25) is 13.9 Å². The van der Waals surface area contributed by atoms with Crippen molar-refractivity contribution in [1.82, 2.24) is 10.2 Å². The largest absolute Gasteiger partial charge is 0.357 e. The summed E-state index contributed by atoms with van der Waals surface area (Å²) in [6, 6.07) is 11.6. The predicted molar refractivity (Wildman–Crippen MR) is 124 cm³/mol. The normalized spacial score (nSPS) is 12.2. The second kappa shape index (κ2) is 10.2. The molecule has 2 aromatic carbocycles. The first-order valence-electron chi connectivity index (χ1n) is 9.74. The lowest BCUT2D eigenvalue weighted by Gasteiger charge is -2.31. The van der Waals surface area contributed by atoms with Crippen LogP contribution in [0, 0.1) is 13.8 Å². The Balaban J connectivity index is 2.43. The molecule has 2 aromatic rings. The molecule has 1 N–H and O–H groups in total. The zero-order chi connectivity index (χ0) is 23.3. The monoisotopic (exact) mass is 465 g/mol. The molecule has 9 heteroatoms. The van der Waals surface area contributed by atoms with Crippen molar-refractivity contribution in [2.45, 2.75) is 33.4 Å². The van der Waals surface area contributed by atoms with Gasteiger partial charge in [0.1, 0.15) is 12.6 Å². The molecule has 31 heavy (non-hydrogen) atoms. The number of hydrogen-bond donors (Lipinski definition) is 1. The number of benzene rings is 2. The summed E-state index contributed by atoms with van der Waals surface area (Å²) >= 11 is 6.06. The summed E-state index contributed by atoms with van der Waals surface area (Å²) < 4.78 is 26.2. The topological polar surface area (TPSA) is 86.8 Å². The van der Waals surface area contributed by atoms with Gasteiger partial charge in [0.2, 0.25) is 21.8 Å². The number of hydrogen-bond acceptors (Lipinski definition) is 4. The molecule has 1 unspecified atom stereocenters. The quantitative estimate of drug-likeness (QED) is 0.649. The van der Waals surface area contributed by atoms with Gasteiger partial charge < -0.3 is 10.2 Å². The number of carbonyl (C=O) groups is 2. The molecule has 0 bridgehead atoms. The van der Waals surface area contributed by atoms with E-state index in [1.54, 1.807) is 44.2 Å². The highest BCUT2D eigenvalue weighted by Gasteiger charge is 2.30. The third-order valence-corrected chi connectivity index (χ3v) is 6.33. The molecule has 2 rings (SSSR count). The van der Waals surface area contributed by atoms with Crippen LogP contribution in [0.2, 0.25) is 5.02 Å². The fourth-order valence-electron chi connectivity index (χ4n) is 3.21. The molecule has 0 radical (unpaired) electrons. The number of halogens is 1. The van der Waals surface area contributed by atoms with Gasteiger partial charge in [-0.25, -0.2) is 8.42 Å². The highest BCUT2D eigenvalue weighted by Crippen LogP contribution is 2.24. The Labute approximate surface area is 189 Å². The Morgan fingerprint density at radius 2 is 1.81 bits per heavy atom. The van der Waals surface area contributed by atoms with E-state index in [1.165, 1.54) is 11.9 Å². The van der Waals surface area contributed by atoms with Crippen molar-refractivity contribution in [3.8, 4) is 0 Å². The SMILES string of the molecule is CNC(=O)C(C)N(Cc1cccc(Cl)c1)C(=O)CN(c1cc(C)ccc1C)S(C)(=O)=O. The zero-order valence-corrected chi connectivity index (χ0v) is 19.9. The number of aryl methyl sites for hydroxylation is 2. The summed E-state index contributed by atoms with van der Waals surface area (Å²) in [6.45, 7) is 4.92. The van der Waals surface area contributed by atoms with Crippen molar-refractivity contribution in [3.05, 3.63) is 64.2 Å². The van der Waals surface area contributed by atoms with E-state index < -0.39 is 28.5 Å². The van der Waals surface area contributed by atoms with Gasteiger partial charge in [0.05, 0.1) is 11.9 Å². The molecule has 0 heterocycles. The lowest BCUT2D eigenvalue weighted by Crippen LogP contribution is -2.50. The van der Waals surface area contributed by atoms with Gasteiger partial charge in [-0.15, -0.1) is 0 Å². The van der Waals surface area contributed by atoms with E-state index in [2.05, 4.69) is 5.32 Å². The lowest BCUT2D eigenvalue weighted by atomic mass is 10.1. The summed E-state index contributed by atoms with van der Waals surface area (Å²) in [5.74, 6) is -0.851. The Kier molecular flexibility index (Phi) is 8.08. The molecule has 0 aliphatic carbocycles. The second-order valence-electron chi connectivity index (χ2n) is 7.50. The van der Waals surface area contributed by atoms with Crippen LogP contribution in [0.15, 0.2) is 42.5 Å². The first kappa shape index (κ1) is 24.7. The summed E-state index contributed by atoms with van der Waals surface area (Å²) in [7, 11) is -2.27. The van der Waals surface area contributed by atoms with Crippen LogP contribution in [-0.2, 0) is 26.2 Å². The zero-order valence-electron chi connectivity index (χ0n) is 18.3. The van der Waals surface area contributed by atoms with E-state index in [4.69, 9.17) is 11.6 Å². The number of amides is 2. The number of sulfonamides is 1.